The topological polar surface area (TPSA) is 59.3 Å². The van der Waals surface area contributed by atoms with Crippen LogP contribution in [0, 0.1) is 0 Å². The fraction of sp³-hybridized carbons (Fsp3) is 0.333. The Kier molecular flexibility index (Phi) is 2.86. The van der Waals surface area contributed by atoms with Crippen LogP contribution in [-0.4, -0.2) is 21.1 Å². The van der Waals surface area contributed by atoms with Gasteiger partial charge in [-0.15, -0.1) is 0 Å². The molecular formula is C6H6F3NO3S. The average Bonchev–Trinajstić information content (AvgIpc) is 2.52. The molecule has 8 heteroatoms. The Labute approximate surface area is 77.8 Å². The van der Waals surface area contributed by atoms with Crippen molar-refractivity contribution in [3.8, 4) is 0 Å². The number of nitrogens with one attached hydrogen (secondary N) is 1. The molecule has 14 heavy (non-hydrogen) atoms. The maximum Gasteiger partial charge on any atom is 0.402 e. The van der Waals surface area contributed by atoms with E-state index in [9.17, 15) is 21.6 Å². The molecule has 0 atom stereocenters. The Morgan fingerprint density at radius 3 is 2.50 bits per heavy atom. The van der Waals surface area contributed by atoms with Crippen molar-refractivity contribution in [1.82, 2.24) is 4.72 Å². The number of halogens is 3. The summed E-state index contributed by atoms with van der Waals surface area (Å²) in [6, 6.07) is 1.05. The lowest BCUT2D eigenvalue weighted by molar-refractivity contribution is -0.121. The van der Waals surface area contributed by atoms with Crippen LogP contribution >= 0.6 is 0 Å². The Balaban J connectivity index is 2.70. The summed E-state index contributed by atoms with van der Waals surface area (Å²) >= 11 is 0. The first-order valence-corrected chi connectivity index (χ1v) is 4.88. The fourth-order valence-corrected chi connectivity index (χ4v) is 1.60. The lowest BCUT2D eigenvalue weighted by Crippen LogP contribution is -2.33. The molecule has 0 unspecified atom stereocenters. The Morgan fingerprint density at radius 1 is 1.43 bits per heavy atom. The smallest absolute Gasteiger partial charge is 0.402 e. The maximum atomic E-state index is 11.7. The number of furan rings is 1. The summed E-state index contributed by atoms with van der Waals surface area (Å²) in [5, 5.41) is 0. The second kappa shape index (κ2) is 3.62. The number of hydrogen-bond acceptors (Lipinski definition) is 3. The van der Waals surface area contributed by atoms with Crippen molar-refractivity contribution < 1.29 is 26.0 Å². The van der Waals surface area contributed by atoms with E-state index in [1.54, 1.807) is 0 Å². The molecule has 0 fully saturated rings. The van der Waals surface area contributed by atoms with Crippen LogP contribution in [0.25, 0.3) is 0 Å². The molecular weight excluding hydrogens is 223 g/mol. The van der Waals surface area contributed by atoms with Gasteiger partial charge < -0.3 is 4.42 Å². The van der Waals surface area contributed by atoms with E-state index < -0.39 is 22.7 Å². The molecule has 0 aliphatic rings. The lowest BCUT2D eigenvalue weighted by Gasteiger charge is -2.07. The van der Waals surface area contributed by atoms with Crippen molar-refractivity contribution in [1.29, 1.82) is 0 Å². The van der Waals surface area contributed by atoms with E-state index in [1.165, 1.54) is 4.72 Å². The zero-order valence-corrected chi connectivity index (χ0v) is 7.52. The van der Waals surface area contributed by atoms with E-state index in [0.717, 1.165) is 18.6 Å². The molecule has 0 amide bonds. The van der Waals surface area contributed by atoms with Gasteiger partial charge in [-0.25, -0.2) is 13.1 Å². The van der Waals surface area contributed by atoms with Gasteiger partial charge in [0, 0.05) is 0 Å². The molecule has 1 N–H and O–H groups in total. The highest BCUT2D eigenvalue weighted by Gasteiger charge is 2.30. The van der Waals surface area contributed by atoms with E-state index in [1.807, 2.05) is 0 Å². The molecule has 4 nitrogen and oxygen atoms in total. The lowest BCUT2D eigenvalue weighted by atomic mass is 10.7. The van der Waals surface area contributed by atoms with Gasteiger partial charge in [0.05, 0.1) is 6.26 Å². The highest BCUT2D eigenvalue weighted by Crippen LogP contribution is 2.15. The summed E-state index contributed by atoms with van der Waals surface area (Å²) in [4.78, 5) is -0.332. The SMILES string of the molecule is O=S(=O)(NCC(F)(F)F)c1ccoc1. The van der Waals surface area contributed by atoms with Gasteiger partial charge in [-0.2, -0.15) is 13.2 Å². The molecule has 1 aromatic rings. The molecule has 1 aromatic heterocycles. The second-order valence-electron chi connectivity index (χ2n) is 2.40. The van der Waals surface area contributed by atoms with E-state index in [-0.39, 0.29) is 4.90 Å². The number of sulfonamides is 1. The standard InChI is InChI=1S/C6H6F3NO3S/c7-6(8,9)4-10-14(11,12)5-1-2-13-3-5/h1-3,10H,4H2. The van der Waals surface area contributed by atoms with Crippen LogP contribution < -0.4 is 4.72 Å². The van der Waals surface area contributed by atoms with Gasteiger partial charge in [0.25, 0.3) is 0 Å². The maximum absolute atomic E-state index is 11.7. The number of hydrogen-bond donors (Lipinski definition) is 1. The molecule has 0 aromatic carbocycles. The normalized spacial score (nSPS) is 13.1. The fourth-order valence-electron chi connectivity index (χ4n) is 0.665. The molecule has 0 saturated carbocycles. The molecule has 0 radical (unpaired) electrons. The summed E-state index contributed by atoms with van der Waals surface area (Å²) in [5.74, 6) is 0. The predicted molar refractivity (Wildman–Crippen MR) is 40.0 cm³/mol. The van der Waals surface area contributed by atoms with Crippen molar-refractivity contribution in [3.05, 3.63) is 18.6 Å². The van der Waals surface area contributed by atoms with Gasteiger partial charge in [-0.3, -0.25) is 0 Å². The highest BCUT2D eigenvalue weighted by atomic mass is 32.2. The minimum Gasteiger partial charge on any atom is -0.471 e. The van der Waals surface area contributed by atoms with E-state index in [0.29, 0.717) is 0 Å². The Morgan fingerprint density at radius 2 is 2.07 bits per heavy atom. The summed E-state index contributed by atoms with van der Waals surface area (Å²) in [7, 11) is -4.11. The Hall–Kier alpha value is -1.02. The van der Waals surface area contributed by atoms with Gasteiger partial charge in [-0.1, -0.05) is 0 Å². The van der Waals surface area contributed by atoms with Crippen molar-refractivity contribution in [3.63, 3.8) is 0 Å². The minimum atomic E-state index is -4.57. The molecule has 0 aliphatic carbocycles. The third-order valence-electron chi connectivity index (χ3n) is 1.27. The molecule has 0 spiro atoms. The number of rotatable bonds is 3. The van der Waals surface area contributed by atoms with Gasteiger partial charge in [-0.05, 0) is 6.07 Å². The molecule has 1 rings (SSSR count). The van der Waals surface area contributed by atoms with Crippen LogP contribution in [-0.2, 0) is 10.0 Å². The van der Waals surface area contributed by atoms with E-state index >= 15 is 0 Å². The first-order valence-electron chi connectivity index (χ1n) is 3.40. The second-order valence-corrected chi connectivity index (χ2v) is 4.17. The van der Waals surface area contributed by atoms with Crippen LogP contribution in [0.5, 0.6) is 0 Å². The predicted octanol–water partition coefficient (Wildman–Crippen LogP) is 1.12. The number of alkyl halides is 3. The van der Waals surface area contributed by atoms with E-state index in [4.69, 9.17) is 0 Å². The summed E-state index contributed by atoms with van der Waals surface area (Å²) in [6.07, 6.45) is -2.67. The van der Waals surface area contributed by atoms with Crippen molar-refractivity contribution in [2.75, 3.05) is 6.54 Å². The zero-order chi connectivity index (χ0) is 10.8. The van der Waals surface area contributed by atoms with Crippen LogP contribution in [0.2, 0.25) is 0 Å². The third kappa shape index (κ3) is 3.04. The summed E-state index contributed by atoms with van der Waals surface area (Å²) in [6.45, 7) is -1.60. The van der Waals surface area contributed by atoms with Crippen LogP contribution in [0.15, 0.2) is 27.9 Å². The quantitative estimate of drug-likeness (QED) is 0.844. The monoisotopic (exact) mass is 229 g/mol. The Bertz CT molecular complexity index is 381. The largest absolute Gasteiger partial charge is 0.471 e. The molecule has 0 bridgehead atoms. The highest BCUT2D eigenvalue weighted by molar-refractivity contribution is 7.89. The molecule has 0 aliphatic heterocycles. The van der Waals surface area contributed by atoms with Crippen LogP contribution in [0.3, 0.4) is 0 Å². The third-order valence-corrected chi connectivity index (χ3v) is 2.65. The summed E-state index contributed by atoms with van der Waals surface area (Å²) < 4.78 is 63.0. The van der Waals surface area contributed by atoms with Gasteiger partial charge in [0.15, 0.2) is 0 Å². The average molecular weight is 229 g/mol. The van der Waals surface area contributed by atoms with Crippen LogP contribution in [0.1, 0.15) is 0 Å². The van der Waals surface area contributed by atoms with Crippen molar-refractivity contribution >= 4 is 10.0 Å². The first-order chi connectivity index (χ1) is 6.31. The first kappa shape index (κ1) is 11.1. The van der Waals surface area contributed by atoms with Gasteiger partial charge in [0.1, 0.15) is 17.7 Å². The molecule has 80 valence electrons. The van der Waals surface area contributed by atoms with Gasteiger partial charge >= 0.3 is 6.18 Å². The zero-order valence-electron chi connectivity index (χ0n) is 6.71. The van der Waals surface area contributed by atoms with Crippen molar-refractivity contribution in [2.24, 2.45) is 0 Å². The molecule has 1 heterocycles. The van der Waals surface area contributed by atoms with Crippen molar-refractivity contribution in [2.45, 2.75) is 11.1 Å². The van der Waals surface area contributed by atoms with Crippen LogP contribution in [0.4, 0.5) is 13.2 Å². The molecule has 0 saturated heterocycles. The summed E-state index contributed by atoms with van der Waals surface area (Å²) in [5.41, 5.74) is 0. The van der Waals surface area contributed by atoms with Gasteiger partial charge in [0.2, 0.25) is 10.0 Å². The minimum absolute atomic E-state index is 0.332. The van der Waals surface area contributed by atoms with E-state index in [2.05, 4.69) is 4.42 Å².